The maximum atomic E-state index is 12.8. The number of hydrogen-bond donors (Lipinski definition) is 1. The molecule has 1 fully saturated rings. The molecule has 0 aliphatic carbocycles. The van der Waals surface area contributed by atoms with Crippen LogP contribution in [0, 0.1) is 0 Å². The maximum Gasteiger partial charge on any atom is 0.258 e. The topological polar surface area (TPSA) is 91.7 Å². The van der Waals surface area contributed by atoms with Crippen LogP contribution in [0.2, 0.25) is 5.02 Å². The molecule has 0 unspecified atom stereocenters. The summed E-state index contributed by atoms with van der Waals surface area (Å²) < 4.78 is 26.8. The van der Waals surface area contributed by atoms with Crippen molar-refractivity contribution in [2.75, 3.05) is 6.54 Å². The Labute approximate surface area is 156 Å². The zero-order chi connectivity index (χ0) is 18.6. The molecule has 1 aromatic heterocycles. The minimum Gasteiger partial charge on any atom is -0.271 e. The van der Waals surface area contributed by atoms with Gasteiger partial charge in [0.2, 0.25) is 10.0 Å². The molecule has 136 valence electrons. The second-order valence-corrected chi connectivity index (χ2v) is 8.08. The smallest absolute Gasteiger partial charge is 0.258 e. The summed E-state index contributed by atoms with van der Waals surface area (Å²) in [6.07, 6.45) is 5.74. The average molecular weight is 393 g/mol. The second-order valence-electron chi connectivity index (χ2n) is 5.75. The van der Waals surface area contributed by atoms with E-state index in [0.717, 1.165) is 5.56 Å². The number of hydrazone groups is 1. The van der Waals surface area contributed by atoms with Crippen LogP contribution >= 0.6 is 11.6 Å². The fraction of sp³-hybridized carbons (Fsp3) is 0.235. The highest BCUT2D eigenvalue weighted by atomic mass is 35.5. The Bertz CT molecular complexity index is 901. The Balaban J connectivity index is 1.72. The molecule has 0 saturated carbocycles. The van der Waals surface area contributed by atoms with E-state index in [9.17, 15) is 13.2 Å². The predicted octanol–water partition coefficient (Wildman–Crippen LogP) is 2.04. The lowest BCUT2D eigenvalue weighted by Crippen LogP contribution is -2.44. The third kappa shape index (κ3) is 4.09. The third-order valence-corrected chi connectivity index (χ3v) is 6.17. The second kappa shape index (κ2) is 7.94. The van der Waals surface area contributed by atoms with Gasteiger partial charge < -0.3 is 0 Å². The number of halogens is 1. The normalized spacial score (nSPS) is 18.3. The molecular weight excluding hydrogens is 376 g/mol. The van der Waals surface area contributed by atoms with Crippen LogP contribution < -0.4 is 5.43 Å². The molecule has 0 radical (unpaired) electrons. The van der Waals surface area contributed by atoms with Crippen LogP contribution in [0.25, 0.3) is 0 Å². The number of rotatable bonds is 5. The zero-order valence-electron chi connectivity index (χ0n) is 13.7. The summed E-state index contributed by atoms with van der Waals surface area (Å²) in [4.78, 5) is 16.5. The highest BCUT2D eigenvalue weighted by Gasteiger charge is 2.39. The molecule has 1 saturated heterocycles. The van der Waals surface area contributed by atoms with Gasteiger partial charge >= 0.3 is 0 Å². The average Bonchev–Trinajstić information content (AvgIpc) is 3.14. The first-order chi connectivity index (χ1) is 12.5. The zero-order valence-corrected chi connectivity index (χ0v) is 15.3. The van der Waals surface area contributed by atoms with E-state index in [1.54, 1.807) is 24.5 Å². The summed E-state index contributed by atoms with van der Waals surface area (Å²) in [5, 5.41) is 4.33. The van der Waals surface area contributed by atoms with E-state index in [0.29, 0.717) is 17.9 Å². The fourth-order valence-corrected chi connectivity index (χ4v) is 4.51. The van der Waals surface area contributed by atoms with Crippen LogP contribution in [0.1, 0.15) is 18.4 Å². The number of benzene rings is 1. The summed E-state index contributed by atoms with van der Waals surface area (Å²) in [5.41, 5.74) is 3.14. The fourth-order valence-electron chi connectivity index (χ4n) is 2.73. The van der Waals surface area contributed by atoms with Crippen LogP contribution in [-0.2, 0) is 14.8 Å². The van der Waals surface area contributed by atoms with Gasteiger partial charge in [-0.05, 0) is 43.2 Å². The Kier molecular flexibility index (Phi) is 5.65. The van der Waals surface area contributed by atoms with E-state index in [1.165, 1.54) is 34.8 Å². The van der Waals surface area contributed by atoms with Crippen molar-refractivity contribution < 1.29 is 13.2 Å². The molecule has 1 aliphatic heterocycles. The molecular formula is C17H17ClN4O3S. The summed E-state index contributed by atoms with van der Waals surface area (Å²) in [6, 6.07) is 8.64. The lowest BCUT2D eigenvalue weighted by Gasteiger charge is -2.22. The van der Waals surface area contributed by atoms with Crippen molar-refractivity contribution in [3.8, 4) is 0 Å². The first-order valence-corrected chi connectivity index (χ1v) is 9.80. The van der Waals surface area contributed by atoms with E-state index < -0.39 is 22.0 Å². The lowest BCUT2D eigenvalue weighted by atomic mass is 10.2. The standard InChI is InChI=1S/C17H17ClN4O3S/c18-14-5-7-15(8-6-14)26(24,25)22-10-2-4-16(22)17(23)21-20-12-13-3-1-9-19-11-13/h1,3,5-9,11-12,16H,2,4,10H2,(H,21,23)/b20-12-/t16-/m1/s1. The van der Waals surface area contributed by atoms with Crippen molar-refractivity contribution in [1.82, 2.24) is 14.7 Å². The molecule has 9 heteroatoms. The van der Waals surface area contributed by atoms with E-state index >= 15 is 0 Å². The van der Waals surface area contributed by atoms with E-state index in [-0.39, 0.29) is 11.4 Å². The van der Waals surface area contributed by atoms with Crippen LogP contribution in [0.4, 0.5) is 0 Å². The van der Waals surface area contributed by atoms with Gasteiger partial charge in [0.05, 0.1) is 11.1 Å². The van der Waals surface area contributed by atoms with Crippen molar-refractivity contribution in [2.24, 2.45) is 5.10 Å². The van der Waals surface area contributed by atoms with Gasteiger partial charge in [0.25, 0.3) is 5.91 Å². The Morgan fingerprint density at radius 3 is 2.77 bits per heavy atom. The number of sulfonamides is 1. The molecule has 1 aliphatic rings. The van der Waals surface area contributed by atoms with Crippen LogP contribution in [-0.4, -0.2) is 42.4 Å². The molecule has 0 bridgehead atoms. The molecule has 1 aromatic carbocycles. The van der Waals surface area contributed by atoms with Gasteiger partial charge in [-0.1, -0.05) is 17.7 Å². The third-order valence-electron chi connectivity index (χ3n) is 4.00. The number of nitrogens with zero attached hydrogens (tertiary/aromatic N) is 3. The van der Waals surface area contributed by atoms with Crippen LogP contribution in [0.3, 0.4) is 0 Å². The van der Waals surface area contributed by atoms with Crippen molar-refractivity contribution in [3.05, 3.63) is 59.4 Å². The summed E-state index contributed by atoms with van der Waals surface area (Å²) in [5.74, 6) is -0.458. The molecule has 7 nitrogen and oxygen atoms in total. The number of carbonyl (C=O) groups excluding carboxylic acids is 1. The minimum atomic E-state index is -3.77. The van der Waals surface area contributed by atoms with Gasteiger partial charge in [-0.25, -0.2) is 13.8 Å². The molecule has 2 heterocycles. The minimum absolute atomic E-state index is 0.112. The van der Waals surface area contributed by atoms with Gasteiger partial charge in [-0.2, -0.15) is 9.41 Å². The highest BCUT2D eigenvalue weighted by molar-refractivity contribution is 7.89. The molecule has 0 spiro atoms. The number of carbonyl (C=O) groups is 1. The molecule has 26 heavy (non-hydrogen) atoms. The maximum absolute atomic E-state index is 12.8. The quantitative estimate of drug-likeness (QED) is 0.622. The van der Waals surface area contributed by atoms with E-state index in [4.69, 9.17) is 11.6 Å². The molecule has 1 N–H and O–H groups in total. The lowest BCUT2D eigenvalue weighted by molar-refractivity contribution is -0.124. The van der Waals surface area contributed by atoms with Gasteiger partial charge in [-0.15, -0.1) is 0 Å². The van der Waals surface area contributed by atoms with Gasteiger partial charge in [0, 0.05) is 29.5 Å². The van der Waals surface area contributed by atoms with E-state index in [1.807, 2.05) is 0 Å². The number of amides is 1. The molecule has 1 atom stereocenters. The first-order valence-electron chi connectivity index (χ1n) is 7.99. The van der Waals surface area contributed by atoms with Gasteiger partial charge in [0.15, 0.2) is 0 Å². The molecule has 2 aromatic rings. The van der Waals surface area contributed by atoms with Crippen LogP contribution in [0.5, 0.6) is 0 Å². The van der Waals surface area contributed by atoms with Crippen molar-refractivity contribution >= 4 is 33.7 Å². The molecule has 3 rings (SSSR count). The SMILES string of the molecule is O=C(N/N=C\c1cccnc1)[C@H]1CCCN1S(=O)(=O)c1ccc(Cl)cc1. The Hall–Kier alpha value is -2.29. The largest absolute Gasteiger partial charge is 0.271 e. The van der Waals surface area contributed by atoms with E-state index in [2.05, 4.69) is 15.5 Å². The summed E-state index contributed by atoms with van der Waals surface area (Å²) in [6.45, 7) is 0.287. The first kappa shape index (κ1) is 18.5. The van der Waals surface area contributed by atoms with Crippen molar-refractivity contribution in [2.45, 2.75) is 23.8 Å². The highest BCUT2D eigenvalue weighted by Crippen LogP contribution is 2.27. The number of pyridine rings is 1. The predicted molar refractivity (Wildman–Crippen MR) is 98.3 cm³/mol. The summed E-state index contributed by atoms with van der Waals surface area (Å²) in [7, 11) is -3.77. The number of aromatic nitrogens is 1. The number of nitrogens with one attached hydrogen (secondary N) is 1. The number of hydrogen-bond acceptors (Lipinski definition) is 5. The van der Waals surface area contributed by atoms with Crippen molar-refractivity contribution in [1.29, 1.82) is 0 Å². The molecule has 1 amide bonds. The monoisotopic (exact) mass is 392 g/mol. The van der Waals surface area contributed by atoms with Crippen molar-refractivity contribution in [3.63, 3.8) is 0 Å². The van der Waals surface area contributed by atoms with Gasteiger partial charge in [-0.3, -0.25) is 9.78 Å². The Morgan fingerprint density at radius 2 is 2.08 bits per heavy atom. The summed E-state index contributed by atoms with van der Waals surface area (Å²) >= 11 is 5.82. The van der Waals surface area contributed by atoms with Gasteiger partial charge in [0.1, 0.15) is 6.04 Å². The Morgan fingerprint density at radius 1 is 1.31 bits per heavy atom. The van der Waals surface area contributed by atoms with Crippen LogP contribution in [0.15, 0.2) is 58.8 Å².